The maximum Gasteiger partial charge on any atom is 0.416 e. The zero-order valence-corrected chi connectivity index (χ0v) is 22.2. The first-order chi connectivity index (χ1) is 17.0. The molecule has 0 radical (unpaired) electrons. The van der Waals surface area contributed by atoms with Crippen molar-refractivity contribution in [3.63, 3.8) is 0 Å². The third-order valence-corrected chi connectivity index (χ3v) is 5.23. The molecule has 0 aliphatic carbocycles. The first-order valence-electron chi connectivity index (χ1n) is 12.1. The standard InChI is InChI=1S/C24H29ClF3N3O2.C3H8/c1-4-13-29-17(2)19-7-5-18(6-8-19)12-15-31(3)23(32)11-14-30-33-22-10-9-20(16-21(22)25)24(26,27)28;1-3-2/h5-10,16,29-30H,2,4,11-15H2,1,3H3;3H2,1-2H3. The Hall–Kier alpha value is -2.71. The van der Waals surface area contributed by atoms with Gasteiger partial charge in [0.15, 0.2) is 5.75 Å². The van der Waals surface area contributed by atoms with E-state index in [2.05, 4.69) is 38.1 Å². The number of carbonyl (C=O) groups excluding carboxylic acids is 1. The monoisotopic (exact) mass is 527 g/mol. The maximum absolute atomic E-state index is 12.7. The van der Waals surface area contributed by atoms with Gasteiger partial charge in [0.2, 0.25) is 5.91 Å². The smallest absolute Gasteiger partial charge is 0.407 e. The molecule has 0 heterocycles. The second-order valence-electron chi connectivity index (χ2n) is 8.26. The van der Waals surface area contributed by atoms with Crippen molar-refractivity contribution in [2.75, 3.05) is 26.7 Å². The third-order valence-electron chi connectivity index (χ3n) is 4.93. The lowest BCUT2D eigenvalue weighted by Gasteiger charge is -2.18. The number of halogens is 4. The summed E-state index contributed by atoms with van der Waals surface area (Å²) in [5.74, 6) is -0.0279. The third kappa shape index (κ3) is 11.4. The number of hydrogen-bond acceptors (Lipinski definition) is 4. The molecule has 1 amide bonds. The molecule has 200 valence electrons. The van der Waals surface area contributed by atoms with Gasteiger partial charge in [-0.15, -0.1) is 0 Å². The van der Waals surface area contributed by atoms with Gasteiger partial charge in [-0.2, -0.15) is 18.7 Å². The minimum Gasteiger partial charge on any atom is -0.407 e. The minimum atomic E-state index is -4.48. The van der Waals surface area contributed by atoms with Gasteiger partial charge >= 0.3 is 6.18 Å². The lowest BCUT2D eigenvalue weighted by Crippen LogP contribution is -2.32. The number of amides is 1. The number of alkyl halides is 3. The van der Waals surface area contributed by atoms with Crippen molar-refractivity contribution >= 4 is 23.2 Å². The molecule has 36 heavy (non-hydrogen) atoms. The van der Waals surface area contributed by atoms with Crippen LogP contribution < -0.4 is 15.6 Å². The number of benzene rings is 2. The Morgan fingerprint density at radius 3 is 2.28 bits per heavy atom. The van der Waals surface area contributed by atoms with Crippen molar-refractivity contribution in [3.8, 4) is 5.75 Å². The Bertz CT molecular complexity index is 950. The molecular weight excluding hydrogens is 491 g/mol. The summed E-state index contributed by atoms with van der Waals surface area (Å²) < 4.78 is 38.0. The lowest BCUT2D eigenvalue weighted by molar-refractivity contribution is -0.137. The van der Waals surface area contributed by atoms with Crippen molar-refractivity contribution in [1.82, 2.24) is 15.7 Å². The quantitative estimate of drug-likeness (QED) is 0.238. The lowest BCUT2D eigenvalue weighted by atomic mass is 10.1. The van der Waals surface area contributed by atoms with Crippen LogP contribution in [0.2, 0.25) is 5.02 Å². The molecule has 0 saturated carbocycles. The fraction of sp³-hybridized carbons (Fsp3) is 0.444. The zero-order chi connectivity index (χ0) is 27.1. The summed E-state index contributed by atoms with van der Waals surface area (Å²) in [5.41, 5.74) is 4.75. The SMILES string of the molecule is C=C(NCCC)c1ccc(CCN(C)C(=O)CCNOc2ccc(C(F)(F)F)cc2Cl)cc1.CCC. The van der Waals surface area contributed by atoms with E-state index in [0.29, 0.717) is 13.0 Å². The molecule has 5 nitrogen and oxygen atoms in total. The Morgan fingerprint density at radius 1 is 1.08 bits per heavy atom. The van der Waals surface area contributed by atoms with Gasteiger partial charge in [0, 0.05) is 38.8 Å². The minimum absolute atomic E-state index is 0.0569. The molecule has 0 bridgehead atoms. The van der Waals surface area contributed by atoms with Gasteiger partial charge in [0.1, 0.15) is 0 Å². The highest BCUT2D eigenvalue weighted by Gasteiger charge is 2.31. The molecule has 0 aliphatic rings. The van der Waals surface area contributed by atoms with E-state index in [4.69, 9.17) is 16.4 Å². The summed E-state index contributed by atoms with van der Waals surface area (Å²) in [6.07, 6.45) is -1.32. The van der Waals surface area contributed by atoms with Crippen LogP contribution >= 0.6 is 11.6 Å². The molecular formula is C27H37ClF3N3O2. The van der Waals surface area contributed by atoms with E-state index in [-0.39, 0.29) is 29.6 Å². The Balaban J connectivity index is 0.00000205. The molecule has 2 aromatic rings. The number of nitrogens with one attached hydrogen (secondary N) is 2. The molecule has 9 heteroatoms. The number of hydroxylamine groups is 1. The summed E-state index contributed by atoms with van der Waals surface area (Å²) in [4.78, 5) is 19.1. The Morgan fingerprint density at radius 2 is 1.72 bits per heavy atom. The average molecular weight is 528 g/mol. The van der Waals surface area contributed by atoms with Crippen LogP contribution in [0.5, 0.6) is 5.75 Å². The molecule has 0 saturated heterocycles. The fourth-order valence-corrected chi connectivity index (χ4v) is 3.13. The zero-order valence-electron chi connectivity index (χ0n) is 21.5. The van der Waals surface area contributed by atoms with Crippen LogP contribution in [0.4, 0.5) is 13.2 Å². The van der Waals surface area contributed by atoms with Crippen LogP contribution in [0.3, 0.4) is 0 Å². The molecule has 0 spiro atoms. The summed E-state index contributed by atoms with van der Waals surface area (Å²) >= 11 is 5.83. The van der Waals surface area contributed by atoms with Crippen LogP contribution in [0.25, 0.3) is 5.70 Å². The van der Waals surface area contributed by atoms with E-state index in [1.165, 1.54) is 6.42 Å². The largest absolute Gasteiger partial charge is 0.416 e. The Kier molecular flexibility index (Phi) is 14.0. The first-order valence-corrected chi connectivity index (χ1v) is 12.4. The van der Waals surface area contributed by atoms with Gasteiger partial charge in [0.25, 0.3) is 0 Å². The molecule has 0 unspecified atom stereocenters. The summed E-state index contributed by atoms with van der Waals surface area (Å²) in [5, 5.41) is 3.09. The van der Waals surface area contributed by atoms with Gasteiger partial charge in [-0.1, -0.05) is 69.6 Å². The maximum atomic E-state index is 12.7. The predicted molar refractivity (Wildman–Crippen MR) is 141 cm³/mol. The van der Waals surface area contributed by atoms with Crippen LogP contribution in [-0.4, -0.2) is 37.5 Å². The number of rotatable bonds is 12. The van der Waals surface area contributed by atoms with E-state index in [9.17, 15) is 18.0 Å². The molecule has 0 aromatic heterocycles. The van der Waals surface area contributed by atoms with Gasteiger partial charge < -0.3 is 15.1 Å². The van der Waals surface area contributed by atoms with E-state index in [0.717, 1.165) is 48.0 Å². The second-order valence-corrected chi connectivity index (χ2v) is 8.67. The van der Waals surface area contributed by atoms with Crippen molar-refractivity contribution in [2.24, 2.45) is 0 Å². The van der Waals surface area contributed by atoms with Crippen LogP contribution in [-0.2, 0) is 17.4 Å². The highest BCUT2D eigenvalue weighted by atomic mass is 35.5. The summed E-state index contributed by atoms with van der Waals surface area (Å²) in [6, 6.07) is 10.9. The van der Waals surface area contributed by atoms with Gasteiger partial charge in [0.05, 0.1) is 10.6 Å². The molecule has 2 aromatic carbocycles. The van der Waals surface area contributed by atoms with Gasteiger partial charge in [-0.25, -0.2) is 0 Å². The van der Waals surface area contributed by atoms with Crippen LogP contribution in [0, 0.1) is 0 Å². The van der Waals surface area contributed by atoms with Crippen molar-refractivity contribution in [1.29, 1.82) is 0 Å². The van der Waals surface area contributed by atoms with Crippen molar-refractivity contribution < 1.29 is 22.8 Å². The van der Waals surface area contributed by atoms with Crippen molar-refractivity contribution in [3.05, 3.63) is 70.8 Å². The topological polar surface area (TPSA) is 53.6 Å². The summed E-state index contributed by atoms with van der Waals surface area (Å²) in [7, 11) is 1.72. The number of carbonyl (C=O) groups is 1. The fourth-order valence-electron chi connectivity index (χ4n) is 2.91. The molecule has 2 rings (SSSR count). The van der Waals surface area contributed by atoms with Gasteiger partial charge in [-0.05, 0) is 42.2 Å². The highest BCUT2D eigenvalue weighted by Crippen LogP contribution is 2.34. The summed E-state index contributed by atoms with van der Waals surface area (Å²) in [6.45, 7) is 12.0. The molecule has 0 aliphatic heterocycles. The average Bonchev–Trinajstić information content (AvgIpc) is 2.84. The van der Waals surface area contributed by atoms with E-state index in [1.807, 2.05) is 24.3 Å². The van der Waals surface area contributed by atoms with E-state index in [1.54, 1.807) is 11.9 Å². The Labute approximate surface area is 217 Å². The normalized spacial score (nSPS) is 10.8. The highest BCUT2D eigenvalue weighted by molar-refractivity contribution is 6.32. The number of hydrogen-bond donors (Lipinski definition) is 2. The van der Waals surface area contributed by atoms with E-state index < -0.39 is 11.7 Å². The van der Waals surface area contributed by atoms with Gasteiger partial charge in [-0.3, -0.25) is 4.79 Å². The first kappa shape index (κ1) is 31.3. The second kappa shape index (κ2) is 16.1. The molecule has 0 fully saturated rings. The van der Waals surface area contributed by atoms with Crippen LogP contribution in [0.15, 0.2) is 49.0 Å². The molecule has 2 N–H and O–H groups in total. The number of nitrogens with zero attached hydrogens (tertiary/aromatic N) is 1. The van der Waals surface area contributed by atoms with Crippen molar-refractivity contribution in [2.45, 2.75) is 52.6 Å². The predicted octanol–water partition coefficient (Wildman–Crippen LogP) is 6.72. The van der Waals surface area contributed by atoms with E-state index >= 15 is 0 Å². The number of likely N-dealkylation sites (N-methyl/N-ethyl adjacent to an activating group) is 1. The molecule has 0 atom stereocenters. The van der Waals surface area contributed by atoms with Crippen LogP contribution in [0.1, 0.15) is 56.7 Å².